The number of rotatable bonds is 1. The van der Waals surface area contributed by atoms with Crippen molar-refractivity contribution < 1.29 is 13.2 Å². The fraction of sp³-hybridized carbons (Fsp3) is 0.364. The Kier molecular flexibility index (Phi) is 2.56. The molecule has 1 aliphatic heterocycles. The van der Waals surface area contributed by atoms with Gasteiger partial charge < -0.3 is 5.32 Å². The number of halogens is 3. The average Bonchev–Trinajstić information content (AvgIpc) is 2.94. The van der Waals surface area contributed by atoms with Crippen molar-refractivity contribution in [2.24, 2.45) is 7.05 Å². The van der Waals surface area contributed by atoms with Gasteiger partial charge in [-0.25, -0.2) is 9.97 Å². The number of aryl methyl sites for hydroxylation is 1. The number of nitrogens with zero attached hydrogens (tertiary/aromatic N) is 4. The van der Waals surface area contributed by atoms with Gasteiger partial charge in [-0.05, 0) is 0 Å². The third-order valence-electron chi connectivity index (χ3n) is 2.92. The van der Waals surface area contributed by atoms with Crippen LogP contribution in [0.2, 0.25) is 0 Å². The van der Waals surface area contributed by atoms with Gasteiger partial charge in [0.2, 0.25) is 0 Å². The smallest absolute Gasteiger partial charge is 0.307 e. The van der Waals surface area contributed by atoms with Crippen LogP contribution in [-0.4, -0.2) is 19.7 Å². The fourth-order valence-corrected chi connectivity index (χ4v) is 2.07. The molecular weight excluding hydrogens is 259 g/mol. The highest BCUT2D eigenvalue weighted by Crippen LogP contribution is 2.34. The summed E-state index contributed by atoms with van der Waals surface area (Å²) >= 11 is 0. The van der Waals surface area contributed by atoms with Gasteiger partial charge in [0.1, 0.15) is 0 Å². The first-order valence-corrected chi connectivity index (χ1v) is 5.62. The Hall–Kier alpha value is -1.96. The molecule has 0 unspecified atom stereocenters. The minimum absolute atomic E-state index is 0.0582. The number of hydrogen-bond donors (Lipinski definition) is 1. The van der Waals surface area contributed by atoms with E-state index < -0.39 is 11.9 Å². The first kappa shape index (κ1) is 12.1. The maximum Gasteiger partial charge on any atom is 0.433 e. The fourth-order valence-electron chi connectivity index (χ4n) is 2.07. The van der Waals surface area contributed by atoms with Crippen molar-refractivity contribution in [3.05, 3.63) is 29.3 Å². The van der Waals surface area contributed by atoms with Gasteiger partial charge >= 0.3 is 6.18 Å². The molecule has 0 aliphatic carbocycles. The van der Waals surface area contributed by atoms with Crippen molar-refractivity contribution in [1.29, 1.82) is 0 Å². The van der Waals surface area contributed by atoms with Crippen LogP contribution in [-0.2, 0) is 26.3 Å². The standard InChI is InChI=1S/C11H10F3N5/c1-19-5-6(2-16-19)10-17-8-4-15-3-7(8)9(18-10)11(12,13)14/h2,5,15H,3-4H2,1H3. The summed E-state index contributed by atoms with van der Waals surface area (Å²) in [4.78, 5) is 7.85. The van der Waals surface area contributed by atoms with Crippen molar-refractivity contribution in [2.75, 3.05) is 0 Å². The predicted octanol–water partition coefficient (Wildman–Crippen LogP) is 1.50. The van der Waals surface area contributed by atoms with E-state index in [4.69, 9.17) is 0 Å². The Morgan fingerprint density at radius 3 is 2.68 bits per heavy atom. The van der Waals surface area contributed by atoms with E-state index >= 15 is 0 Å². The van der Waals surface area contributed by atoms with E-state index in [1.807, 2.05) is 0 Å². The van der Waals surface area contributed by atoms with E-state index in [1.54, 1.807) is 13.2 Å². The lowest BCUT2D eigenvalue weighted by molar-refractivity contribution is -0.141. The average molecular weight is 269 g/mol. The Morgan fingerprint density at radius 2 is 2.05 bits per heavy atom. The molecule has 0 radical (unpaired) electrons. The highest BCUT2D eigenvalue weighted by molar-refractivity contribution is 5.54. The van der Waals surface area contributed by atoms with Gasteiger partial charge in [-0.15, -0.1) is 0 Å². The molecule has 19 heavy (non-hydrogen) atoms. The van der Waals surface area contributed by atoms with E-state index in [1.165, 1.54) is 10.9 Å². The van der Waals surface area contributed by atoms with Crippen molar-refractivity contribution >= 4 is 0 Å². The van der Waals surface area contributed by atoms with Crippen molar-refractivity contribution in [1.82, 2.24) is 25.1 Å². The maximum atomic E-state index is 13.0. The van der Waals surface area contributed by atoms with Crippen LogP contribution in [0.1, 0.15) is 17.0 Å². The van der Waals surface area contributed by atoms with Crippen LogP contribution in [0, 0.1) is 0 Å². The molecule has 0 aromatic carbocycles. The van der Waals surface area contributed by atoms with E-state index in [-0.39, 0.29) is 17.9 Å². The second kappa shape index (κ2) is 4.02. The number of fused-ring (bicyclic) bond motifs is 1. The molecule has 8 heteroatoms. The van der Waals surface area contributed by atoms with Crippen LogP contribution >= 0.6 is 0 Å². The summed E-state index contributed by atoms with van der Waals surface area (Å²) in [5.41, 5.74) is 0.158. The summed E-state index contributed by atoms with van der Waals surface area (Å²) in [5, 5.41) is 6.78. The molecule has 2 aromatic rings. The summed E-state index contributed by atoms with van der Waals surface area (Å²) < 4.78 is 40.5. The third kappa shape index (κ3) is 2.07. The van der Waals surface area contributed by atoms with Crippen LogP contribution in [0.3, 0.4) is 0 Å². The number of alkyl halides is 3. The quantitative estimate of drug-likeness (QED) is 0.852. The van der Waals surface area contributed by atoms with Gasteiger partial charge in [0, 0.05) is 31.9 Å². The molecule has 100 valence electrons. The molecule has 3 heterocycles. The predicted molar refractivity (Wildman–Crippen MR) is 59.8 cm³/mol. The Labute approximate surface area is 106 Å². The van der Waals surface area contributed by atoms with E-state index in [9.17, 15) is 13.2 Å². The molecule has 0 atom stereocenters. The molecule has 0 amide bonds. The van der Waals surface area contributed by atoms with E-state index in [0.29, 0.717) is 17.8 Å². The molecule has 0 saturated carbocycles. The van der Waals surface area contributed by atoms with Gasteiger partial charge in [-0.1, -0.05) is 0 Å². The molecule has 2 aromatic heterocycles. The van der Waals surface area contributed by atoms with E-state index in [2.05, 4.69) is 20.4 Å². The minimum Gasteiger partial charge on any atom is -0.307 e. The lowest BCUT2D eigenvalue weighted by Crippen LogP contribution is -2.14. The topological polar surface area (TPSA) is 55.6 Å². The summed E-state index contributed by atoms with van der Waals surface area (Å²) in [7, 11) is 1.68. The van der Waals surface area contributed by atoms with Gasteiger partial charge in [0.05, 0.1) is 17.5 Å². The van der Waals surface area contributed by atoms with Crippen molar-refractivity contribution in [3.63, 3.8) is 0 Å². The SMILES string of the molecule is Cn1cc(-c2nc3c(c(C(F)(F)F)n2)CNC3)cn1. The molecule has 0 fully saturated rings. The molecule has 0 spiro atoms. The normalized spacial score (nSPS) is 14.7. The summed E-state index contributed by atoms with van der Waals surface area (Å²) in [6.07, 6.45) is -1.44. The maximum absolute atomic E-state index is 13.0. The number of nitrogens with one attached hydrogen (secondary N) is 1. The van der Waals surface area contributed by atoms with Gasteiger partial charge in [0.15, 0.2) is 11.5 Å². The van der Waals surface area contributed by atoms with Crippen LogP contribution in [0.4, 0.5) is 13.2 Å². The van der Waals surface area contributed by atoms with E-state index in [0.717, 1.165) is 0 Å². The minimum atomic E-state index is -4.48. The van der Waals surface area contributed by atoms with Crippen LogP contribution < -0.4 is 5.32 Å². The highest BCUT2D eigenvalue weighted by Gasteiger charge is 2.38. The second-order valence-corrected chi connectivity index (χ2v) is 4.33. The highest BCUT2D eigenvalue weighted by atomic mass is 19.4. The first-order valence-electron chi connectivity index (χ1n) is 5.62. The molecule has 5 nitrogen and oxygen atoms in total. The van der Waals surface area contributed by atoms with Crippen LogP contribution in [0.15, 0.2) is 12.4 Å². The zero-order valence-corrected chi connectivity index (χ0v) is 9.99. The van der Waals surface area contributed by atoms with Crippen molar-refractivity contribution in [2.45, 2.75) is 19.3 Å². The summed E-state index contributed by atoms with van der Waals surface area (Å²) in [6.45, 7) is 0.478. The summed E-state index contributed by atoms with van der Waals surface area (Å²) in [6, 6.07) is 0. The monoisotopic (exact) mass is 269 g/mol. The zero-order chi connectivity index (χ0) is 13.6. The first-order chi connectivity index (χ1) is 8.95. The lowest BCUT2D eigenvalue weighted by atomic mass is 10.1. The molecule has 1 aliphatic rings. The molecule has 0 saturated heterocycles. The number of hydrogen-bond acceptors (Lipinski definition) is 4. The zero-order valence-electron chi connectivity index (χ0n) is 9.99. The summed E-state index contributed by atoms with van der Waals surface area (Å²) in [5.74, 6) is 0.0582. The van der Waals surface area contributed by atoms with Crippen LogP contribution in [0.5, 0.6) is 0 Å². The Balaban J connectivity index is 2.18. The van der Waals surface area contributed by atoms with Crippen molar-refractivity contribution in [3.8, 4) is 11.4 Å². The van der Waals surface area contributed by atoms with Gasteiger partial charge in [-0.3, -0.25) is 4.68 Å². The molecule has 0 bridgehead atoms. The largest absolute Gasteiger partial charge is 0.433 e. The molecular formula is C11H10F3N5. The van der Waals surface area contributed by atoms with Gasteiger partial charge in [-0.2, -0.15) is 18.3 Å². The second-order valence-electron chi connectivity index (χ2n) is 4.33. The Morgan fingerprint density at radius 1 is 1.26 bits per heavy atom. The Bertz CT molecular complexity index is 632. The lowest BCUT2D eigenvalue weighted by Gasteiger charge is -2.11. The molecule has 3 rings (SSSR count). The number of aromatic nitrogens is 4. The van der Waals surface area contributed by atoms with Crippen LogP contribution in [0.25, 0.3) is 11.4 Å². The molecule has 1 N–H and O–H groups in total. The third-order valence-corrected chi connectivity index (χ3v) is 2.92. The van der Waals surface area contributed by atoms with Gasteiger partial charge in [0.25, 0.3) is 0 Å².